The number of ether oxygens (including phenoxy) is 3. The van der Waals surface area contributed by atoms with Crippen LogP contribution in [0, 0.1) is 12.3 Å². The summed E-state index contributed by atoms with van der Waals surface area (Å²) in [6.07, 6.45) is 0.108. The summed E-state index contributed by atoms with van der Waals surface area (Å²) in [5, 5.41) is 24.6. The van der Waals surface area contributed by atoms with Crippen molar-refractivity contribution in [3.05, 3.63) is 112 Å². The number of phenols is 1. The number of aromatic nitrogens is 1. The van der Waals surface area contributed by atoms with E-state index in [0.717, 1.165) is 90.9 Å². The van der Waals surface area contributed by atoms with Gasteiger partial charge in [0.2, 0.25) is 11.8 Å². The van der Waals surface area contributed by atoms with Gasteiger partial charge in [-0.1, -0.05) is 73.1 Å². The van der Waals surface area contributed by atoms with Crippen LogP contribution < -0.4 is 14.8 Å². The van der Waals surface area contributed by atoms with Gasteiger partial charge in [0.1, 0.15) is 36.5 Å². The summed E-state index contributed by atoms with van der Waals surface area (Å²) >= 11 is 6.69. The zero-order valence-electron chi connectivity index (χ0n) is 39.5. The highest BCUT2D eigenvalue weighted by atomic mass is 79.9. The van der Waals surface area contributed by atoms with E-state index < -0.39 is 29.5 Å². The highest BCUT2D eigenvalue weighted by molar-refractivity contribution is 9.10. The number of ketones is 1. The number of likely N-dealkylation sites (tertiary alicyclic amines) is 1. The number of phenolic OH excluding ortho intramolecular Hbond substituents is 1. The number of rotatable bonds is 19. The van der Waals surface area contributed by atoms with Crippen molar-refractivity contribution in [3.63, 3.8) is 0 Å². The summed E-state index contributed by atoms with van der Waals surface area (Å²) in [5.74, 6) is 1.53. The standard InChI is InChI=1S/C53H60BrN5O8S2/c1-34-49(68-33-55-34)36-8-5-35(6-9-36)7-20-45(62)44-29-40(61)31-59(44)52(64)51(53(2,3)4)56-47(63)32-65-27-25-57-21-23-58(24-22-57)26-28-66-41-15-17-42(18-16-41)67-48-43-19-14-39(60)30-46(43)69-50(48)37-10-12-38(54)13-11-37/h5-6,8-19,30,33,40,44,51,60-61H,7,20-29,31-32H2,1-4H3,(H,56,63)/t40-,44+,51-/m1/s1. The molecular formula is C53H60BrN5O8S2. The Morgan fingerprint density at radius 2 is 1.52 bits per heavy atom. The van der Waals surface area contributed by atoms with Gasteiger partial charge in [-0.3, -0.25) is 24.2 Å². The fourth-order valence-electron chi connectivity index (χ4n) is 8.78. The van der Waals surface area contributed by atoms with Crippen molar-refractivity contribution >= 4 is 66.3 Å². The van der Waals surface area contributed by atoms with Crippen LogP contribution in [-0.4, -0.2) is 131 Å². The molecule has 13 nitrogen and oxygen atoms in total. The first kappa shape index (κ1) is 50.2. The number of nitrogens with one attached hydrogen (secondary N) is 1. The molecule has 8 rings (SSSR count). The molecule has 0 unspecified atom stereocenters. The van der Waals surface area contributed by atoms with Gasteiger partial charge in [-0.15, -0.1) is 22.7 Å². The second-order valence-corrected chi connectivity index (χ2v) is 21.6. The van der Waals surface area contributed by atoms with Gasteiger partial charge in [-0.05, 0) is 90.0 Å². The molecule has 3 N–H and O–H groups in total. The topological polar surface area (TPSA) is 154 Å². The van der Waals surface area contributed by atoms with E-state index in [0.29, 0.717) is 31.9 Å². The molecule has 0 bridgehead atoms. The lowest BCUT2D eigenvalue weighted by atomic mass is 9.85. The van der Waals surface area contributed by atoms with Crippen LogP contribution in [0.2, 0.25) is 0 Å². The number of hydrogen-bond donors (Lipinski definition) is 3. The Kier molecular flexibility index (Phi) is 16.5. The molecule has 2 fully saturated rings. The molecule has 16 heteroatoms. The molecule has 4 heterocycles. The monoisotopic (exact) mass is 1040 g/mol. The van der Waals surface area contributed by atoms with E-state index in [9.17, 15) is 24.6 Å². The molecule has 3 atom stereocenters. The summed E-state index contributed by atoms with van der Waals surface area (Å²) in [4.78, 5) is 53.4. The van der Waals surface area contributed by atoms with Gasteiger partial charge in [0, 0.05) is 73.2 Å². The fraction of sp³-hybridized carbons (Fsp3) is 0.396. The van der Waals surface area contributed by atoms with Crippen LogP contribution in [0.1, 0.15) is 44.9 Å². The molecule has 2 amide bonds. The largest absolute Gasteiger partial charge is 0.508 e. The number of thiazole rings is 1. The van der Waals surface area contributed by atoms with Crippen LogP contribution in [0.25, 0.3) is 31.0 Å². The van der Waals surface area contributed by atoms with Gasteiger partial charge >= 0.3 is 0 Å². The smallest absolute Gasteiger partial charge is 0.246 e. The number of aromatic hydroxyl groups is 1. The third-order valence-corrected chi connectivity index (χ3v) is 15.4. The Hall–Kier alpha value is -5.20. The summed E-state index contributed by atoms with van der Waals surface area (Å²) in [6.45, 7) is 13.3. The molecule has 4 aromatic carbocycles. The van der Waals surface area contributed by atoms with E-state index in [4.69, 9.17) is 14.2 Å². The number of carbonyl (C=O) groups excluding carboxylic acids is 3. The van der Waals surface area contributed by atoms with Crippen LogP contribution in [0.5, 0.6) is 23.0 Å². The van der Waals surface area contributed by atoms with Gasteiger partial charge in [0.25, 0.3) is 0 Å². The number of Topliss-reactive ketones (excluding diaryl/α,β-unsaturated/α-hetero) is 1. The number of halogens is 1. The SMILES string of the molecule is Cc1ncsc1-c1ccc(CCC(=O)[C@@H]2C[C@@H](O)CN2C(=O)[C@@H](NC(=O)COCCN2CCN(CCOc3ccc(Oc4c(-c5ccc(Br)cc5)sc5cc(O)ccc45)cc3)CC2)C(C)(C)C)cc1. The average Bonchev–Trinajstić information content (AvgIpc) is 4.05. The lowest BCUT2D eigenvalue weighted by Gasteiger charge is -2.35. The van der Waals surface area contributed by atoms with Crippen molar-refractivity contribution in [3.8, 4) is 43.9 Å². The summed E-state index contributed by atoms with van der Waals surface area (Å²) < 4.78 is 20.3. The first-order valence-electron chi connectivity index (χ1n) is 23.4. The van der Waals surface area contributed by atoms with Crippen LogP contribution >= 0.6 is 38.6 Å². The molecule has 2 saturated heterocycles. The number of amides is 2. The molecule has 0 radical (unpaired) electrons. The Morgan fingerprint density at radius 1 is 0.870 bits per heavy atom. The molecule has 0 spiro atoms. The molecule has 2 aliphatic heterocycles. The molecule has 2 aromatic heterocycles. The Bertz CT molecular complexity index is 2700. The number of hydrogen-bond acceptors (Lipinski definition) is 13. The minimum atomic E-state index is -0.908. The highest BCUT2D eigenvalue weighted by Gasteiger charge is 2.44. The minimum Gasteiger partial charge on any atom is -0.508 e. The van der Waals surface area contributed by atoms with E-state index in [1.54, 1.807) is 34.8 Å². The van der Waals surface area contributed by atoms with E-state index >= 15 is 0 Å². The average molecular weight is 1040 g/mol. The normalized spacial score (nSPS) is 17.3. The van der Waals surface area contributed by atoms with Crippen molar-refractivity contribution in [2.24, 2.45) is 5.41 Å². The number of thiophene rings is 1. The fourth-order valence-corrected chi connectivity index (χ4v) is 11.0. The number of carbonyl (C=O) groups is 3. The molecule has 2 aliphatic rings. The molecule has 0 aliphatic carbocycles. The summed E-state index contributed by atoms with van der Waals surface area (Å²) in [7, 11) is 0. The molecular weight excluding hydrogens is 979 g/mol. The van der Waals surface area contributed by atoms with E-state index in [-0.39, 0.29) is 43.4 Å². The second kappa shape index (κ2) is 22.7. The van der Waals surface area contributed by atoms with Crippen LogP contribution in [-0.2, 0) is 25.5 Å². The van der Waals surface area contributed by atoms with Gasteiger partial charge in [0.05, 0.1) is 39.7 Å². The van der Waals surface area contributed by atoms with Crippen molar-refractivity contribution in [1.29, 1.82) is 0 Å². The highest BCUT2D eigenvalue weighted by Crippen LogP contribution is 2.47. The predicted molar refractivity (Wildman–Crippen MR) is 275 cm³/mol. The van der Waals surface area contributed by atoms with E-state index in [1.165, 1.54) is 4.90 Å². The molecule has 6 aromatic rings. The summed E-state index contributed by atoms with van der Waals surface area (Å²) in [6, 6.07) is 27.5. The van der Waals surface area contributed by atoms with Gasteiger partial charge in [-0.25, -0.2) is 4.98 Å². The van der Waals surface area contributed by atoms with Crippen molar-refractivity contribution in [2.75, 3.05) is 65.6 Å². The first-order valence-corrected chi connectivity index (χ1v) is 25.9. The molecule has 364 valence electrons. The lowest BCUT2D eigenvalue weighted by molar-refractivity contribution is -0.144. The van der Waals surface area contributed by atoms with Crippen LogP contribution in [0.15, 0.2) is 101 Å². The number of aryl methyl sites for hydroxylation is 2. The first-order chi connectivity index (χ1) is 33.2. The van der Waals surface area contributed by atoms with Crippen molar-refractivity contribution in [2.45, 2.75) is 65.1 Å². The number of β-amino-alcohol motifs (C(OH)–C–C–N with tert-alkyl or cyclic N) is 1. The Balaban J connectivity index is 0.734. The Labute approximate surface area is 420 Å². The summed E-state index contributed by atoms with van der Waals surface area (Å²) in [5.41, 5.74) is 5.29. The zero-order valence-corrected chi connectivity index (χ0v) is 42.7. The number of fused-ring (bicyclic) bond motifs is 1. The lowest BCUT2D eigenvalue weighted by Crippen LogP contribution is -2.57. The maximum atomic E-state index is 14.1. The van der Waals surface area contributed by atoms with E-state index in [1.807, 2.05) is 112 Å². The van der Waals surface area contributed by atoms with Crippen LogP contribution in [0.4, 0.5) is 0 Å². The number of aliphatic hydroxyl groups is 1. The van der Waals surface area contributed by atoms with Gasteiger partial charge in [0.15, 0.2) is 11.5 Å². The number of aliphatic hydroxyl groups excluding tert-OH is 1. The van der Waals surface area contributed by atoms with Gasteiger partial charge < -0.3 is 34.6 Å². The third kappa shape index (κ3) is 13.0. The number of benzene rings is 4. The quantitative estimate of drug-likeness (QED) is 0.0667. The maximum Gasteiger partial charge on any atom is 0.246 e. The zero-order chi connectivity index (χ0) is 48.7. The maximum absolute atomic E-state index is 14.1. The van der Waals surface area contributed by atoms with Crippen LogP contribution in [0.3, 0.4) is 0 Å². The second-order valence-electron chi connectivity index (χ2n) is 18.8. The number of nitrogens with zero attached hydrogens (tertiary/aromatic N) is 4. The third-order valence-electron chi connectivity index (χ3n) is 12.7. The molecule has 0 saturated carbocycles. The van der Waals surface area contributed by atoms with E-state index in [2.05, 4.69) is 36.0 Å². The van der Waals surface area contributed by atoms with Crippen molar-refractivity contribution in [1.82, 2.24) is 25.0 Å². The minimum absolute atomic E-state index is 0.0418. The number of piperazine rings is 1. The van der Waals surface area contributed by atoms with Gasteiger partial charge in [-0.2, -0.15) is 0 Å². The predicted octanol–water partition coefficient (Wildman–Crippen LogP) is 8.97. The molecule has 69 heavy (non-hydrogen) atoms. The Morgan fingerprint density at radius 3 is 2.19 bits per heavy atom. The van der Waals surface area contributed by atoms with Crippen molar-refractivity contribution < 1.29 is 38.8 Å².